The van der Waals surface area contributed by atoms with Gasteiger partial charge in [0.1, 0.15) is 45.6 Å². The molecule has 0 saturated heterocycles. The van der Waals surface area contributed by atoms with Crippen molar-refractivity contribution < 1.29 is 39.5 Å². The van der Waals surface area contributed by atoms with E-state index >= 15 is 0 Å². The van der Waals surface area contributed by atoms with Crippen LogP contribution in [0.15, 0.2) is 0 Å². The molecule has 2 rings (SSSR count). The standard InChI is InChI=1S/C25H32O8/c1-10(2)18(26)16-22(30)12(5)20(28)15(25(16)33-8)9-14-21(29)13(6)24(32-7)17(23(14)31)19(27)11(3)4/h10-11,28-31H,9H2,1-8H3. The fourth-order valence-corrected chi connectivity index (χ4v) is 3.81. The summed E-state index contributed by atoms with van der Waals surface area (Å²) in [5, 5.41) is 43.3. The topological polar surface area (TPSA) is 134 Å². The molecule has 2 aromatic carbocycles. The van der Waals surface area contributed by atoms with Crippen molar-refractivity contribution in [2.45, 2.75) is 48.0 Å². The van der Waals surface area contributed by atoms with E-state index in [0.717, 1.165) is 0 Å². The van der Waals surface area contributed by atoms with E-state index in [0.29, 0.717) is 0 Å². The number of Topliss-reactive ketones (excluding diaryl/α,β-unsaturated/α-hetero) is 2. The van der Waals surface area contributed by atoms with E-state index < -0.39 is 29.1 Å². The molecule has 0 heterocycles. The molecule has 0 fully saturated rings. The average molecular weight is 461 g/mol. The monoisotopic (exact) mass is 460 g/mol. The summed E-state index contributed by atoms with van der Waals surface area (Å²) >= 11 is 0. The zero-order valence-corrected chi connectivity index (χ0v) is 20.3. The third-order valence-electron chi connectivity index (χ3n) is 5.77. The van der Waals surface area contributed by atoms with Gasteiger partial charge in [0.05, 0.1) is 14.2 Å². The van der Waals surface area contributed by atoms with Gasteiger partial charge in [-0.3, -0.25) is 9.59 Å². The molecule has 0 aromatic heterocycles. The summed E-state index contributed by atoms with van der Waals surface area (Å²) in [5.41, 5.74) is 0.152. The van der Waals surface area contributed by atoms with Gasteiger partial charge in [0, 0.05) is 40.5 Å². The highest BCUT2D eigenvalue weighted by molar-refractivity contribution is 6.05. The van der Waals surface area contributed by atoms with Crippen LogP contribution in [0.25, 0.3) is 0 Å². The van der Waals surface area contributed by atoms with Gasteiger partial charge in [-0.1, -0.05) is 27.7 Å². The van der Waals surface area contributed by atoms with E-state index in [4.69, 9.17) is 9.47 Å². The molecule has 0 amide bonds. The molecule has 0 unspecified atom stereocenters. The van der Waals surface area contributed by atoms with Crippen molar-refractivity contribution in [2.24, 2.45) is 11.8 Å². The van der Waals surface area contributed by atoms with E-state index in [1.807, 2.05) is 0 Å². The molecule has 0 aliphatic carbocycles. The molecule has 0 saturated carbocycles. The fourth-order valence-electron chi connectivity index (χ4n) is 3.81. The number of hydrogen-bond acceptors (Lipinski definition) is 8. The third-order valence-corrected chi connectivity index (χ3v) is 5.77. The van der Waals surface area contributed by atoms with E-state index in [9.17, 15) is 30.0 Å². The minimum Gasteiger partial charge on any atom is -0.507 e. The Labute approximate surface area is 193 Å². The number of methoxy groups -OCH3 is 2. The van der Waals surface area contributed by atoms with Gasteiger partial charge in [-0.25, -0.2) is 0 Å². The quantitative estimate of drug-likeness (QED) is 0.426. The van der Waals surface area contributed by atoms with Crippen LogP contribution in [0.2, 0.25) is 0 Å². The van der Waals surface area contributed by atoms with Crippen LogP contribution in [-0.2, 0) is 6.42 Å². The summed E-state index contributed by atoms with van der Waals surface area (Å²) in [5.74, 6) is -3.30. The molecule has 0 radical (unpaired) electrons. The number of rotatable bonds is 8. The summed E-state index contributed by atoms with van der Waals surface area (Å²) < 4.78 is 10.7. The first-order chi connectivity index (χ1) is 15.3. The predicted molar refractivity (Wildman–Crippen MR) is 123 cm³/mol. The number of aromatic hydroxyl groups is 4. The Kier molecular flexibility index (Phi) is 7.52. The molecule has 2 aromatic rings. The van der Waals surface area contributed by atoms with Crippen LogP contribution in [0.1, 0.15) is 70.7 Å². The molecule has 0 spiro atoms. The maximum atomic E-state index is 12.8. The minimum absolute atomic E-state index is 0.0427. The van der Waals surface area contributed by atoms with Gasteiger partial charge in [-0.15, -0.1) is 0 Å². The first-order valence-corrected chi connectivity index (χ1v) is 10.6. The number of ether oxygens (including phenoxy) is 2. The molecule has 33 heavy (non-hydrogen) atoms. The number of benzene rings is 2. The molecule has 8 nitrogen and oxygen atoms in total. The second-order valence-corrected chi connectivity index (χ2v) is 8.63. The Balaban J connectivity index is 2.91. The molecular weight excluding hydrogens is 428 g/mol. The normalized spacial score (nSPS) is 11.2. The molecular formula is C25H32O8. The number of hydrogen-bond donors (Lipinski definition) is 4. The van der Waals surface area contributed by atoms with E-state index in [1.54, 1.807) is 34.6 Å². The highest BCUT2D eigenvalue weighted by atomic mass is 16.5. The first kappa shape index (κ1) is 25.8. The molecule has 0 aliphatic rings. The molecule has 4 N–H and O–H groups in total. The summed E-state index contributed by atoms with van der Waals surface area (Å²) in [4.78, 5) is 25.7. The first-order valence-electron chi connectivity index (χ1n) is 10.6. The lowest BCUT2D eigenvalue weighted by Crippen LogP contribution is -2.13. The number of phenols is 4. The maximum absolute atomic E-state index is 12.8. The van der Waals surface area contributed by atoms with Crippen molar-refractivity contribution in [2.75, 3.05) is 14.2 Å². The molecule has 0 aliphatic heterocycles. The largest absolute Gasteiger partial charge is 0.507 e. The van der Waals surface area contributed by atoms with Gasteiger partial charge < -0.3 is 29.9 Å². The number of ketones is 2. The highest BCUT2D eigenvalue weighted by Crippen LogP contribution is 2.48. The Bertz CT molecular complexity index is 1110. The van der Waals surface area contributed by atoms with Gasteiger partial charge >= 0.3 is 0 Å². The van der Waals surface area contributed by atoms with Crippen LogP contribution in [0.5, 0.6) is 34.5 Å². The van der Waals surface area contributed by atoms with Crippen LogP contribution in [0.3, 0.4) is 0 Å². The number of carbonyl (C=O) groups excluding carboxylic acids is 2. The summed E-state index contributed by atoms with van der Waals surface area (Å²) in [6, 6.07) is 0. The lowest BCUT2D eigenvalue weighted by Gasteiger charge is -2.22. The van der Waals surface area contributed by atoms with Gasteiger partial charge in [0.15, 0.2) is 11.6 Å². The Morgan fingerprint density at radius 1 is 0.667 bits per heavy atom. The van der Waals surface area contributed by atoms with Crippen molar-refractivity contribution in [1.29, 1.82) is 0 Å². The molecule has 0 atom stereocenters. The van der Waals surface area contributed by atoms with Gasteiger partial charge in [0.2, 0.25) is 0 Å². The third kappa shape index (κ3) is 4.29. The zero-order chi connectivity index (χ0) is 25.4. The van der Waals surface area contributed by atoms with Crippen molar-refractivity contribution >= 4 is 11.6 Å². The smallest absolute Gasteiger partial charge is 0.172 e. The van der Waals surface area contributed by atoms with Crippen molar-refractivity contribution in [1.82, 2.24) is 0 Å². The van der Waals surface area contributed by atoms with Gasteiger partial charge in [0.25, 0.3) is 0 Å². The summed E-state index contributed by atoms with van der Waals surface area (Å²) in [6.45, 7) is 9.66. The second kappa shape index (κ2) is 9.60. The Morgan fingerprint density at radius 3 is 1.52 bits per heavy atom. The van der Waals surface area contributed by atoms with E-state index in [2.05, 4.69) is 0 Å². The van der Waals surface area contributed by atoms with Gasteiger partial charge in [-0.05, 0) is 13.8 Å². The highest BCUT2D eigenvalue weighted by Gasteiger charge is 2.32. The van der Waals surface area contributed by atoms with Crippen LogP contribution in [0.4, 0.5) is 0 Å². The Hall–Kier alpha value is -3.42. The lowest BCUT2D eigenvalue weighted by atomic mass is 9.88. The number of phenolic OH excluding ortho intramolecular Hbond substituents is 4. The second-order valence-electron chi connectivity index (χ2n) is 8.63. The van der Waals surface area contributed by atoms with E-state index in [1.165, 1.54) is 21.1 Å². The van der Waals surface area contributed by atoms with Gasteiger partial charge in [-0.2, -0.15) is 0 Å². The van der Waals surface area contributed by atoms with Crippen LogP contribution < -0.4 is 9.47 Å². The zero-order valence-electron chi connectivity index (χ0n) is 20.3. The molecule has 0 bridgehead atoms. The maximum Gasteiger partial charge on any atom is 0.172 e. The molecule has 180 valence electrons. The van der Waals surface area contributed by atoms with Crippen LogP contribution >= 0.6 is 0 Å². The lowest BCUT2D eigenvalue weighted by molar-refractivity contribution is 0.0925. The SMILES string of the molecule is COc1c(C)c(O)c(Cc2c(O)c(C)c(O)c(C(=O)C(C)C)c2OC)c(O)c1C(=O)C(C)C. The van der Waals surface area contributed by atoms with Crippen LogP contribution in [0, 0.1) is 25.7 Å². The van der Waals surface area contributed by atoms with E-state index in [-0.39, 0.29) is 68.6 Å². The Morgan fingerprint density at radius 2 is 1.09 bits per heavy atom. The summed E-state index contributed by atoms with van der Waals surface area (Å²) in [7, 11) is 2.62. The predicted octanol–water partition coefficient (Wildman–Crippen LogP) is 4.41. The minimum atomic E-state index is -0.488. The summed E-state index contributed by atoms with van der Waals surface area (Å²) in [6.07, 6.45) is -0.282. The molecule has 8 heteroatoms. The van der Waals surface area contributed by atoms with Crippen LogP contribution in [-0.4, -0.2) is 46.2 Å². The number of carbonyl (C=O) groups is 2. The average Bonchev–Trinajstić information content (AvgIpc) is 2.77. The fraction of sp³-hybridized carbons (Fsp3) is 0.440. The van der Waals surface area contributed by atoms with Crippen molar-refractivity contribution in [3.8, 4) is 34.5 Å². The van der Waals surface area contributed by atoms with Crippen molar-refractivity contribution in [3.63, 3.8) is 0 Å². The van der Waals surface area contributed by atoms with Crippen molar-refractivity contribution in [3.05, 3.63) is 33.4 Å².